The van der Waals surface area contributed by atoms with Gasteiger partial charge in [-0.1, -0.05) is 92.8 Å². The lowest BCUT2D eigenvalue weighted by molar-refractivity contribution is -0.158. The van der Waals surface area contributed by atoms with Gasteiger partial charge in [0.1, 0.15) is 18.1 Å². The van der Waals surface area contributed by atoms with Crippen LogP contribution in [0.4, 0.5) is 0 Å². The van der Waals surface area contributed by atoms with Gasteiger partial charge in [0.05, 0.1) is 12.1 Å². The molecule has 318 valence electrons. The third-order valence-electron chi connectivity index (χ3n) is 11.2. The second kappa shape index (κ2) is 24.2. The fourth-order valence-corrected chi connectivity index (χ4v) is 8.08. The zero-order valence-corrected chi connectivity index (χ0v) is 34.2. The Hall–Kier alpha value is -4.86. The molecule has 1 aliphatic carbocycles. The molecule has 4 rings (SSSR count). The number of nitrogens with two attached hydrogens (primary N) is 4. The fourth-order valence-electron chi connectivity index (χ4n) is 8.08. The number of hydrogen-bond donors (Lipinski definition) is 7. The summed E-state index contributed by atoms with van der Waals surface area (Å²) < 4.78 is 0. The molecule has 0 spiro atoms. The van der Waals surface area contributed by atoms with Crippen molar-refractivity contribution in [1.29, 1.82) is 0 Å². The van der Waals surface area contributed by atoms with Crippen LogP contribution in [0.15, 0.2) is 65.7 Å². The van der Waals surface area contributed by atoms with E-state index in [2.05, 4.69) is 20.9 Å². The van der Waals surface area contributed by atoms with Gasteiger partial charge in [-0.25, -0.2) is 0 Å². The average Bonchev–Trinajstić information content (AvgIpc) is 3.73. The van der Waals surface area contributed by atoms with Crippen LogP contribution in [-0.4, -0.2) is 109 Å². The number of guanidine groups is 1. The third-order valence-corrected chi connectivity index (χ3v) is 11.2. The van der Waals surface area contributed by atoms with Crippen LogP contribution in [-0.2, 0) is 36.8 Å². The van der Waals surface area contributed by atoms with Crippen LogP contribution in [0.1, 0.15) is 88.2 Å². The number of nitrogens with one attached hydrogen (secondary N) is 3. The Morgan fingerprint density at radius 2 is 1.48 bits per heavy atom. The number of hydrogen-bond acceptors (Lipinski definition) is 9. The van der Waals surface area contributed by atoms with Gasteiger partial charge in [-0.3, -0.25) is 33.9 Å². The van der Waals surface area contributed by atoms with Crippen molar-refractivity contribution in [3.63, 3.8) is 0 Å². The van der Waals surface area contributed by atoms with Gasteiger partial charge in [-0.05, 0) is 82.0 Å². The van der Waals surface area contributed by atoms with Crippen molar-refractivity contribution in [2.75, 3.05) is 33.2 Å². The van der Waals surface area contributed by atoms with E-state index in [1.165, 1.54) is 4.90 Å². The number of rotatable bonds is 22. The molecule has 15 heteroatoms. The van der Waals surface area contributed by atoms with E-state index in [0.717, 1.165) is 48.1 Å². The summed E-state index contributed by atoms with van der Waals surface area (Å²) >= 11 is 0. The molecular weight excluding hydrogens is 737 g/mol. The zero-order chi connectivity index (χ0) is 41.9. The van der Waals surface area contributed by atoms with E-state index in [1.54, 1.807) is 7.05 Å². The van der Waals surface area contributed by atoms with Gasteiger partial charge in [0.25, 0.3) is 5.91 Å². The van der Waals surface area contributed by atoms with Crippen molar-refractivity contribution in [3.8, 4) is 0 Å². The van der Waals surface area contributed by atoms with E-state index in [-0.39, 0.29) is 50.3 Å². The van der Waals surface area contributed by atoms with Crippen molar-refractivity contribution in [1.82, 2.24) is 25.8 Å². The molecule has 1 saturated heterocycles. The van der Waals surface area contributed by atoms with Crippen LogP contribution in [0.5, 0.6) is 0 Å². The van der Waals surface area contributed by atoms with Crippen molar-refractivity contribution < 1.29 is 24.0 Å². The molecule has 0 bridgehead atoms. The van der Waals surface area contributed by atoms with Crippen molar-refractivity contribution >= 4 is 35.5 Å². The first kappa shape index (κ1) is 45.8. The molecule has 2 fully saturated rings. The molecule has 2 aliphatic rings. The van der Waals surface area contributed by atoms with Crippen LogP contribution in [0.3, 0.4) is 0 Å². The molecule has 5 atom stereocenters. The second-order valence-electron chi connectivity index (χ2n) is 15.6. The molecule has 1 aliphatic heterocycles. The first-order valence-electron chi connectivity index (χ1n) is 21.1. The maximum Gasteiger partial charge on any atom is 0.252 e. The van der Waals surface area contributed by atoms with Gasteiger partial charge >= 0.3 is 0 Å². The number of imide groups is 1. The number of carbonyl (C=O) groups is 5. The number of carbonyl (C=O) groups excluding carboxylic acids is 5. The Kier molecular flexibility index (Phi) is 19.1. The molecular formula is C43H66N10O5. The minimum absolute atomic E-state index is 0.0411. The normalized spacial score (nSPS) is 17.7. The average molecular weight is 803 g/mol. The lowest BCUT2D eigenvalue weighted by atomic mass is 9.84. The summed E-state index contributed by atoms with van der Waals surface area (Å²) in [5, 5.41) is 8.94. The molecule has 1 saturated carbocycles. The predicted octanol–water partition coefficient (Wildman–Crippen LogP) is 1.47. The highest BCUT2D eigenvalue weighted by Gasteiger charge is 2.45. The minimum Gasteiger partial charge on any atom is -0.370 e. The zero-order valence-electron chi connectivity index (χ0n) is 34.2. The van der Waals surface area contributed by atoms with Crippen molar-refractivity contribution in [2.24, 2.45) is 33.8 Å². The van der Waals surface area contributed by atoms with Crippen LogP contribution in [0, 0.1) is 5.92 Å². The quantitative estimate of drug-likeness (QED) is 0.0514. The molecule has 1 heterocycles. The number of unbranched alkanes of at least 4 members (excludes halogenated alkanes) is 1. The van der Waals surface area contributed by atoms with Crippen LogP contribution in [0.25, 0.3) is 0 Å². The van der Waals surface area contributed by atoms with Gasteiger partial charge < -0.3 is 43.8 Å². The molecule has 11 N–H and O–H groups in total. The third kappa shape index (κ3) is 13.9. The summed E-state index contributed by atoms with van der Waals surface area (Å²) in [7, 11) is 1.70. The molecule has 15 nitrogen and oxygen atoms in total. The molecule has 0 aromatic heterocycles. The molecule has 0 unspecified atom stereocenters. The summed E-state index contributed by atoms with van der Waals surface area (Å²) in [5.74, 6) is -2.42. The standard InChI is InChI=1S/C43H66N10O5/c1-48-35(28-31-17-7-3-8-18-31)38(54)51-34(21-11-12-23-44)41(57)52-26-13-22-36(52)42(58)53(40(56)33(45)27-30-15-5-2-6-16-30)37(29-32-19-9-4-10-20-32)39(55)49-24-14-25-50-43(46)47/h3-4,7-10,17-20,30,33-37,48H,2,5-6,11-16,21-29,44-45H2,1H3,(H,49,55)(H,51,54)(H4,46,47,50)/t33-,34+,35+,36+,37+/m1/s1. The summed E-state index contributed by atoms with van der Waals surface area (Å²) in [5.41, 5.74) is 25.1. The first-order valence-corrected chi connectivity index (χ1v) is 21.1. The highest BCUT2D eigenvalue weighted by Crippen LogP contribution is 2.29. The van der Waals surface area contributed by atoms with Gasteiger partial charge in [-0.2, -0.15) is 0 Å². The molecule has 5 amide bonds. The highest BCUT2D eigenvalue weighted by atomic mass is 16.2. The van der Waals surface area contributed by atoms with E-state index in [1.807, 2.05) is 60.7 Å². The summed E-state index contributed by atoms with van der Waals surface area (Å²) in [6, 6.07) is 13.9. The van der Waals surface area contributed by atoms with Gasteiger partial charge in [0.15, 0.2) is 5.96 Å². The maximum absolute atomic E-state index is 15.1. The largest absolute Gasteiger partial charge is 0.370 e. The van der Waals surface area contributed by atoms with E-state index in [0.29, 0.717) is 51.5 Å². The predicted molar refractivity (Wildman–Crippen MR) is 226 cm³/mol. The summed E-state index contributed by atoms with van der Waals surface area (Å²) in [6.45, 7) is 1.14. The summed E-state index contributed by atoms with van der Waals surface area (Å²) in [4.78, 5) is 78.7. The smallest absolute Gasteiger partial charge is 0.252 e. The molecule has 2 aromatic carbocycles. The number of aliphatic imine (C=N–C) groups is 1. The van der Waals surface area contributed by atoms with Crippen molar-refractivity contribution in [3.05, 3.63) is 71.8 Å². The van der Waals surface area contributed by atoms with Gasteiger partial charge in [0, 0.05) is 26.1 Å². The topological polar surface area (TPSA) is 244 Å². The Labute approximate surface area is 343 Å². The SMILES string of the molecule is CN[C@@H](Cc1ccccc1)C(=O)N[C@@H](CCCCN)C(=O)N1CCC[C@H]1C(=O)N(C(=O)[C@H](N)CC1CCCCC1)[C@@H](Cc1ccccc1)C(=O)NCCCN=C(N)N. The van der Waals surface area contributed by atoms with Crippen LogP contribution >= 0.6 is 0 Å². The Balaban J connectivity index is 1.65. The molecule has 58 heavy (non-hydrogen) atoms. The van der Waals surface area contributed by atoms with E-state index < -0.39 is 53.8 Å². The Morgan fingerprint density at radius 1 is 0.828 bits per heavy atom. The monoisotopic (exact) mass is 803 g/mol. The fraction of sp³-hybridized carbons (Fsp3) is 0.581. The second-order valence-corrected chi connectivity index (χ2v) is 15.6. The van der Waals surface area contributed by atoms with E-state index >= 15 is 4.79 Å². The van der Waals surface area contributed by atoms with E-state index in [4.69, 9.17) is 22.9 Å². The van der Waals surface area contributed by atoms with Crippen molar-refractivity contribution in [2.45, 2.75) is 120 Å². The highest BCUT2D eigenvalue weighted by molar-refractivity contribution is 6.05. The number of benzene rings is 2. The number of amides is 5. The lowest BCUT2D eigenvalue weighted by Gasteiger charge is -2.37. The summed E-state index contributed by atoms with van der Waals surface area (Å²) in [6.07, 6.45) is 8.70. The molecule has 2 aromatic rings. The number of likely N-dealkylation sites (N-methyl/N-ethyl adjacent to an activating group) is 1. The van der Waals surface area contributed by atoms with Gasteiger partial charge in [-0.15, -0.1) is 0 Å². The Bertz CT molecular complexity index is 1630. The van der Waals surface area contributed by atoms with Crippen LogP contribution in [0.2, 0.25) is 0 Å². The Morgan fingerprint density at radius 3 is 2.10 bits per heavy atom. The number of likely N-dealkylation sites (tertiary alicyclic amines) is 1. The minimum atomic E-state index is -1.25. The van der Waals surface area contributed by atoms with E-state index in [9.17, 15) is 19.2 Å². The lowest BCUT2D eigenvalue weighted by Crippen LogP contribution is -2.62. The first-order chi connectivity index (χ1) is 28.0. The number of nitrogens with zero attached hydrogens (tertiary/aromatic N) is 3. The maximum atomic E-state index is 15.1. The molecule has 0 radical (unpaired) electrons. The van der Waals surface area contributed by atoms with Gasteiger partial charge in [0.2, 0.25) is 23.6 Å². The van der Waals surface area contributed by atoms with Crippen LogP contribution < -0.4 is 38.9 Å².